The summed E-state index contributed by atoms with van der Waals surface area (Å²) in [6.07, 6.45) is 4.65. The largest absolute Gasteiger partial charge is 0.377 e. The molecule has 15 heavy (non-hydrogen) atoms. The van der Waals surface area contributed by atoms with Gasteiger partial charge in [-0.3, -0.25) is 0 Å². The van der Waals surface area contributed by atoms with Crippen molar-refractivity contribution in [2.75, 3.05) is 13.7 Å². The topological polar surface area (TPSA) is 21.3 Å². The molecule has 2 nitrogen and oxygen atoms in total. The van der Waals surface area contributed by atoms with Gasteiger partial charge in [-0.1, -0.05) is 13.3 Å². The van der Waals surface area contributed by atoms with Crippen LogP contribution < -0.4 is 5.32 Å². The van der Waals surface area contributed by atoms with Gasteiger partial charge in [-0.2, -0.15) is 0 Å². The van der Waals surface area contributed by atoms with Crippen molar-refractivity contribution in [2.45, 2.75) is 58.6 Å². The van der Waals surface area contributed by atoms with Gasteiger partial charge in [0.25, 0.3) is 0 Å². The van der Waals surface area contributed by atoms with E-state index in [1.807, 2.05) is 14.0 Å². The number of hydrogen-bond acceptors (Lipinski definition) is 2. The van der Waals surface area contributed by atoms with Crippen LogP contribution in [-0.2, 0) is 4.74 Å². The fourth-order valence-electron chi connectivity index (χ4n) is 1.77. The van der Waals surface area contributed by atoms with Gasteiger partial charge in [0, 0.05) is 19.1 Å². The summed E-state index contributed by atoms with van der Waals surface area (Å²) in [5.74, 6) is 6.04. The van der Waals surface area contributed by atoms with E-state index >= 15 is 0 Å². The van der Waals surface area contributed by atoms with E-state index in [-0.39, 0.29) is 0 Å². The zero-order valence-electron chi connectivity index (χ0n) is 10.6. The summed E-state index contributed by atoms with van der Waals surface area (Å²) in [5.41, 5.74) is 0. The third-order valence-corrected chi connectivity index (χ3v) is 2.53. The predicted molar refractivity (Wildman–Crippen MR) is 65.9 cm³/mol. The molecule has 0 aromatic carbocycles. The smallest absolute Gasteiger partial charge is 0.0728 e. The van der Waals surface area contributed by atoms with Crippen molar-refractivity contribution >= 4 is 0 Å². The zero-order valence-corrected chi connectivity index (χ0v) is 10.6. The Morgan fingerprint density at radius 1 is 1.27 bits per heavy atom. The SMILES string of the molecule is CC#CCCC(NC)C(CCC)OCC. The van der Waals surface area contributed by atoms with Crippen LogP contribution in [0.15, 0.2) is 0 Å². The molecule has 1 N–H and O–H groups in total. The molecular weight excluding hydrogens is 186 g/mol. The first-order valence-electron chi connectivity index (χ1n) is 5.98. The standard InChI is InChI=1S/C13H25NO/c1-5-8-9-11-12(14-4)13(10-6-2)15-7-3/h12-14H,6-7,9-11H2,1-4H3. The van der Waals surface area contributed by atoms with E-state index in [0.717, 1.165) is 25.9 Å². The maximum absolute atomic E-state index is 5.76. The summed E-state index contributed by atoms with van der Waals surface area (Å²) < 4.78 is 5.76. The molecule has 0 saturated heterocycles. The lowest BCUT2D eigenvalue weighted by Crippen LogP contribution is -2.39. The molecular formula is C13H25NO. The van der Waals surface area contributed by atoms with Crippen LogP contribution in [0, 0.1) is 11.8 Å². The fraction of sp³-hybridized carbons (Fsp3) is 0.846. The van der Waals surface area contributed by atoms with E-state index in [4.69, 9.17) is 4.74 Å². The first-order valence-corrected chi connectivity index (χ1v) is 5.98. The molecule has 0 bridgehead atoms. The van der Waals surface area contributed by atoms with Crippen molar-refractivity contribution in [1.82, 2.24) is 5.32 Å². The lowest BCUT2D eigenvalue weighted by atomic mass is 10.0. The quantitative estimate of drug-likeness (QED) is 0.623. The molecule has 0 fully saturated rings. The Hall–Kier alpha value is -0.520. The summed E-state index contributed by atoms with van der Waals surface area (Å²) in [4.78, 5) is 0. The third-order valence-electron chi connectivity index (χ3n) is 2.53. The van der Waals surface area contributed by atoms with Crippen molar-refractivity contribution in [3.8, 4) is 11.8 Å². The van der Waals surface area contributed by atoms with Gasteiger partial charge >= 0.3 is 0 Å². The number of nitrogens with one attached hydrogen (secondary N) is 1. The van der Waals surface area contributed by atoms with Crippen molar-refractivity contribution in [3.63, 3.8) is 0 Å². The van der Waals surface area contributed by atoms with E-state index in [0.29, 0.717) is 12.1 Å². The van der Waals surface area contributed by atoms with Crippen LogP contribution in [0.2, 0.25) is 0 Å². The van der Waals surface area contributed by atoms with Crippen LogP contribution in [0.25, 0.3) is 0 Å². The zero-order chi connectivity index (χ0) is 11.5. The predicted octanol–water partition coefficient (Wildman–Crippen LogP) is 2.58. The molecule has 0 radical (unpaired) electrons. The third kappa shape index (κ3) is 6.54. The van der Waals surface area contributed by atoms with E-state index in [9.17, 15) is 0 Å². The summed E-state index contributed by atoms with van der Waals surface area (Å²) in [5, 5.41) is 3.34. The molecule has 0 amide bonds. The van der Waals surface area contributed by atoms with E-state index in [2.05, 4.69) is 31.0 Å². The van der Waals surface area contributed by atoms with Gasteiger partial charge in [-0.15, -0.1) is 11.8 Å². The number of likely N-dealkylation sites (N-methyl/N-ethyl adjacent to an activating group) is 1. The average molecular weight is 211 g/mol. The lowest BCUT2D eigenvalue weighted by molar-refractivity contribution is 0.0282. The molecule has 0 aromatic heterocycles. The van der Waals surface area contributed by atoms with Crippen LogP contribution in [0.5, 0.6) is 0 Å². The van der Waals surface area contributed by atoms with Crippen molar-refractivity contribution < 1.29 is 4.74 Å². The Morgan fingerprint density at radius 3 is 2.47 bits per heavy atom. The Balaban J connectivity index is 4.08. The number of hydrogen-bond donors (Lipinski definition) is 1. The van der Waals surface area contributed by atoms with E-state index < -0.39 is 0 Å². The first kappa shape index (κ1) is 14.5. The summed E-state index contributed by atoms with van der Waals surface area (Å²) in [6, 6.07) is 0.436. The highest BCUT2D eigenvalue weighted by molar-refractivity contribution is 4.96. The molecule has 0 spiro atoms. The van der Waals surface area contributed by atoms with Gasteiger partial charge in [0.05, 0.1) is 6.10 Å². The van der Waals surface area contributed by atoms with Crippen molar-refractivity contribution in [1.29, 1.82) is 0 Å². The highest BCUT2D eigenvalue weighted by atomic mass is 16.5. The molecule has 2 heteroatoms. The van der Waals surface area contributed by atoms with Gasteiger partial charge in [0.1, 0.15) is 0 Å². The van der Waals surface area contributed by atoms with Crippen LogP contribution in [-0.4, -0.2) is 25.8 Å². The minimum Gasteiger partial charge on any atom is -0.377 e. The lowest BCUT2D eigenvalue weighted by Gasteiger charge is -2.26. The minimum absolute atomic E-state index is 0.337. The Morgan fingerprint density at radius 2 is 2.00 bits per heavy atom. The number of rotatable bonds is 8. The molecule has 88 valence electrons. The molecule has 0 aliphatic rings. The second-order valence-corrected chi connectivity index (χ2v) is 3.64. The Kier molecular flexibility index (Phi) is 9.67. The Labute approximate surface area is 94.8 Å². The monoisotopic (exact) mass is 211 g/mol. The van der Waals surface area contributed by atoms with Crippen LogP contribution >= 0.6 is 0 Å². The normalized spacial score (nSPS) is 14.1. The van der Waals surface area contributed by atoms with Crippen LogP contribution in [0.3, 0.4) is 0 Å². The summed E-state index contributed by atoms with van der Waals surface area (Å²) >= 11 is 0. The minimum atomic E-state index is 0.337. The average Bonchev–Trinajstić information content (AvgIpc) is 2.24. The maximum Gasteiger partial charge on any atom is 0.0728 e. The first-order chi connectivity index (χ1) is 7.29. The Bertz CT molecular complexity index is 186. The molecule has 0 aliphatic carbocycles. The van der Waals surface area contributed by atoms with E-state index in [1.165, 1.54) is 6.42 Å². The van der Waals surface area contributed by atoms with E-state index in [1.54, 1.807) is 0 Å². The van der Waals surface area contributed by atoms with Gasteiger partial charge in [-0.25, -0.2) is 0 Å². The van der Waals surface area contributed by atoms with Crippen LogP contribution in [0.1, 0.15) is 46.5 Å². The molecule has 0 rings (SSSR count). The molecule has 2 unspecified atom stereocenters. The van der Waals surface area contributed by atoms with Gasteiger partial charge in [0.15, 0.2) is 0 Å². The van der Waals surface area contributed by atoms with Crippen LogP contribution in [0.4, 0.5) is 0 Å². The fourth-order valence-corrected chi connectivity index (χ4v) is 1.77. The maximum atomic E-state index is 5.76. The molecule has 0 heterocycles. The highest BCUT2D eigenvalue weighted by Gasteiger charge is 2.18. The summed E-state index contributed by atoms with van der Waals surface area (Å²) in [6.45, 7) is 6.94. The highest BCUT2D eigenvalue weighted by Crippen LogP contribution is 2.11. The summed E-state index contributed by atoms with van der Waals surface area (Å²) in [7, 11) is 2.01. The number of ether oxygens (including phenoxy) is 1. The van der Waals surface area contributed by atoms with Gasteiger partial charge in [0.2, 0.25) is 0 Å². The van der Waals surface area contributed by atoms with Crippen molar-refractivity contribution in [2.24, 2.45) is 0 Å². The van der Waals surface area contributed by atoms with Crippen molar-refractivity contribution in [3.05, 3.63) is 0 Å². The molecule has 0 aliphatic heterocycles. The second kappa shape index (κ2) is 10.0. The molecule has 0 saturated carbocycles. The van der Waals surface area contributed by atoms with Gasteiger partial charge in [-0.05, 0) is 33.7 Å². The molecule has 2 atom stereocenters. The molecule has 0 aromatic rings. The second-order valence-electron chi connectivity index (χ2n) is 3.64. The van der Waals surface area contributed by atoms with Gasteiger partial charge < -0.3 is 10.1 Å².